The summed E-state index contributed by atoms with van der Waals surface area (Å²) in [4.78, 5) is 9.67. The maximum Gasteiger partial charge on any atom is 0.245 e. The molecule has 0 fully saturated rings. The predicted octanol–water partition coefficient (Wildman–Crippen LogP) is -0.986. The van der Waals surface area contributed by atoms with Crippen molar-refractivity contribution >= 4 is 5.91 Å². The van der Waals surface area contributed by atoms with Crippen LogP contribution >= 0.6 is 0 Å². The summed E-state index contributed by atoms with van der Waals surface area (Å²) in [6.45, 7) is 1.32. The van der Waals surface area contributed by atoms with Gasteiger partial charge in [-0.05, 0) is 6.92 Å². The first-order valence-corrected chi connectivity index (χ1v) is 1.62. The van der Waals surface area contributed by atoms with Crippen LogP contribution < -0.4 is 11.9 Å². The van der Waals surface area contributed by atoms with Gasteiger partial charge in [0, 0.05) is 0 Å². The lowest BCUT2D eigenvalue weighted by Crippen LogP contribution is -2.24. The molecule has 0 spiro atoms. The molecular formula is C3H10N2O2. The molecule has 7 heavy (non-hydrogen) atoms. The van der Waals surface area contributed by atoms with Gasteiger partial charge in [0.15, 0.2) is 0 Å². The Labute approximate surface area is 41.9 Å². The summed E-state index contributed by atoms with van der Waals surface area (Å²) in [5, 5.41) is 8.16. The van der Waals surface area contributed by atoms with Gasteiger partial charge in [-0.15, -0.1) is 0 Å². The fourth-order valence-electron chi connectivity index (χ4n) is 0. The first-order chi connectivity index (χ1) is 2.64. The van der Waals surface area contributed by atoms with Crippen molar-refractivity contribution in [3.8, 4) is 0 Å². The van der Waals surface area contributed by atoms with Crippen molar-refractivity contribution in [2.45, 2.75) is 13.0 Å². The Hall–Kier alpha value is -0.610. The first-order valence-electron chi connectivity index (χ1n) is 1.62. The highest BCUT2D eigenvalue weighted by Gasteiger charge is 1.98. The van der Waals surface area contributed by atoms with Crippen LogP contribution in [0.5, 0.6) is 0 Å². The Morgan fingerprint density at radius 2 is 2.00 bits per heavy atom. The molecule has 1 unspecified atom stereocenters. The maximum absolute atomic E-state index is 9.67. The number of nitrogens with two attached hydrogens (primary N) is 1. The van der Waals surface area contributed by atoms with Crippen molar-refractivity contribution in [3.63, 3.8) is 0 Å². The molecule has 0 aliphatic heterocycles. The first kappa shape index (κ1) is 9.63. The van der Waals surface area contributed by atoms with Gasteiger partial charge in [-0.1, -0.05) is 0 Å². The van der Waals surface area contributed by atoms with E-state index in [1.54, 1.807) is 0 Å². The molecule has 0 aliphatic carbocycles. The van der Waals surface area contributed by atoms with E-state index < -0.39 is 12.0 Å². The Bertz CT molecular complexity index is 62.0. The Balaban J connectivity index is 0. The molecule has 0 aromatic rings. The van der Waals surface area contributed by atoms with Crippen LogP contribution in [0.3, 0.4) is 0 Å². The quantitative estimate of drug-likeness (QED) is 0.400. The number of primary amides is 1. The summed E-state index contributed by atoms with van der Waals surface area (Å²) in [7, 11) is 0. The number of aliphatic hydroxyl groups excluding tert-OH is 1. The molecule has 4 nitrogen and oxygen atoms in total. The standard InChI is InChI=1S/C3H7NO2.H3N/c1-2(5)3(4)6;/h2,5H,1H3,(H2,4,6);1H3. The van der Waals surface area contributed by atoms with E-state index in [1.807, 2.05) is 0 Å². The highest BCUT2D eigenvalue weighted by atomic mass is 16.3. The van der Waals surface area contributed by atoms with Crippen molar-refractivity contribution in [2.24, 2.45) is 5.73 Å². The Morgan fingerprint density at radius 1 is 1.86 bits per heavy atom. The number of carbonyl (C=O) groups excluding carboxylic acids is 1. The van der Waals surface area contributed by atoms with Crippen LogP contribution in [-0.4, -0.2) is 17.1 Å². The van der Waals surface area contributed by atoms with E-state index in [1.165, 1.54) is 6.92 Å². The summed E-state index contributed by atoms with van der Waals surface area (Å²) >= 11 is 0. The summed E-state index contributed by atoms with van der Waals surface area (Å²) in [6, 6.07) is 0. The van der Waals surface area contributed by atoms with E-state index in [2.05, 4.69) is 5.73 Å². The van der Waals surface area contributed by atoms with Gasteiger partial charge in [0.2, 0.25) is 5.91 Å². The van der Waals surface area contributed by atoms with Gasteiger partial charge < -0.3 is 17.0 Å². The van der Waals surface area contributed by atoms with E-state index in [9.17, 15) is 4.79 Å². The van der Waals surface area contributed by atoms with Crippen LogP contribution in [0.15, 0.2) is 0 Å². The minimum absolute atomic E-state index is 0. The number of aliphatic hydroxyl groups is 1. The van der Waals surface area contributed by atoms with Gasteiger partial charge in [-0.25, -0.2) is 0 Å². The molecule has 0 aromatic carbocycles. The lowest BCUT2D eigenvalue weighted by molar-refractivity contribution is -0.125. The largest absolute Gasteiger partial charge is 0.384 e. The molecule has 0 aliphatic rings. The van der Waals surface area contributed by atoms with Gasteiger partial charge in [0.05, 0.1) is 0 Å². The minimum atomic E-state index is -1.01. The van der Waals surface area contributed by atoms with Gasteiger partial charge in [0.1, 0.15) is 6.10 Å². The molecule has 1 amide bonds. The molecule has 1 atom stereocenters. The van der Waals surface area contributed by atoms with Gasteiger partial charge in [0.25, 0.3) is 0 Å². The van der Waals surface area contributed by atoms with Crippen molar-refractivity contribution in [2.75, 3.05) is 0 Å². The minimum Gasteiger partial charge on any atom is -0.384 e. The SMILES string of the molecule is CC(O)C(N)=O.N. The maximum atomic E-state index is 9.67. The number of rotatable bonds is 1. The molecule has 6 N–H and O–H groups in total. The average molecular weight is 106 g/mol. The molecule has 0 bridgehead atoms. The fraction of sp³-hybridized carbons (Fsp3) is 0.667. The molecule has 0 saturated carbocycles. The van der Waals surface area contributed by atoms with Crippen LogP contribution in [0.25, 0.3) is 0 Å². The average Bonchev–Trinajstić information content (AvgIpc) is 1.36. The van der Waals surface area contributed by atoms with Crippen molar-refractivity contribution in [1.29, 1.82) is 0 Å². The molecule has 44 valence electrons. The van der Waals surface area contributed by atoms with Crippen LogP contribution in [0, 0.1) is 0 Å². The summed E-state index contributed by atoms with van der Waals surface area (Å²) in [6.07, 6.45) is -1.01. The highest BCUT2D eigenvalue weighted by Crippen LogP contribution is 1.70. The molecule has 0 saturated heterocycles. The number of carbonyl (C=O) groups is 1. The number of hydrogen-bond acceptors (Lipinski definition) is 3. The van der Waals surface area contributed by atoms with E-state index >= 15 is 0 Å². The lowest BCUT2D eigenvalue weighted by atomic mass is 10.4. The monoisotopic (exact) mass is 106 g/mol. The topological polar surface area (TPSA) is 98.3 Å². The predicted molar refractivity (Wildman–Crippen MR) is 25.9 cm³/mol. The van der Waals surface area contributed by atoms with Gasteiger partial charge >= 0.3 is 0 Å². The van der Waals surface area contributed by atoms with Crippen LogP contribution in [0.1, 0.15) is 6.92 Å². The van der Waals surface area contributed by atoms with E-state index in [-0.39, 0.29) is 6.15 Å². The highest BCUT2D eigenvalue weighted by molar-refractivity contribution is 5.77. The van der Waals surface area contributed by atoms with E-state index in [0.717, 1.165) is 0 Å². The Morgan fingerprint density at radius 3 is 2.00 bits per heavy atom. The second-order valence-corrected chi connectivity index (χ2v) is 1.08. The second-order valence-electron chi connectivity index (χ2n) is 1.08. The third-order valence-corrected chi connectivity index (χ3v) is 0.412. The molecular weight excluding hydrogens is 96.0 g/mol. The number of amides is 1. The third-order valence-electron chi connectivity index (χ3n) is 0.412. The zero-order valence-electron chi connectivity index (χ0n) is 4.22. The smallest absolute Gasteiger partial charge is 0.245 e. The molecule has 0 radical (unpaired) electrons. The Kier molecular flexibility index (Phi) is 4.92. The van der Waals surface area contributed by atoms with Crippen molar-refractivity contribution in [3.05, 3.63) is 0 Å². The zero-order chi connectivity index (χ0) is 5.15. The van der Waals surface area contributed by atoms with Gasteiger partial charge in [-0.3, -0.25) is 4.79 Å². The third kappa shape index (κ3) is 5.39. The lowest BCUT2D eigenvalue weighted by Gasteiger charge is -1.90. The van der Waals surface area contributed by atoms with Crippen LogP contribution in [0.2, 0.25) is 0 Å². The zero-order valence-corrected chi connectivity index (χ0v) is 4.22. The summed E-state index contributed by atoms with van der Waals surface area (Å²) in [5.74, 6) is -0.685. The van der Waals surface area contributed by atoms with Crippen LogP contribution in [0.4, 0.5) is 0 Å². The van der Waals surface area contributed by atoms with Crippen molar-refractivity contribution < 1.29 is 9.90 Å². The van der Waals surface area contributed by atoms with Crippen LogP contribution in [-0.2, 0) is 4.79 Å². The fourth-order valence-corrected chi connectivity index (χ4v) is 0. The van der Waals surface area contributed by atoms with E-state index in [0.29, 0.717) is 0 Å². The summed E-state index contributed by atoms with van der Waals surface area (Å²) in [5.41, 5.74) is 4.55. The summed E-state index contributed by atoms with van der Waals surface area (Å²) < 4.78 is 0. The molecule has 4 heteroatoms. The molecule has 0 rings (SSSR count). The molecule has 0 aromatic heterocycles. The molecule has 0 heterocycles. The van der Waals surface area contributed by atoms with Crippen molar-refractivity contribution in [1.82, 2.24) is 6.15 Å². The van der Waals surface area contributed by atoms with Gasteiger partial charge in [-0.2, -0.15) is 0 Å². The van der Waals surface area contributed by atoms with E-state index in [4.69, 9.17) is 5.11 Å². The number of hydrogen-bond donors (Lipinski definition) is 3. The normalized spacial score (nSPS) is 11.7. The second kappa shape index (κ2) is 3.58.